The van der Waals surface area contributed by atoms with E-state index in [4.69, 9.17) is 14.7 Å². The minimum Gasteiger partial charge on any atom is -0.479 e. The number of nitriles is 1. The Morgan fingerprint density at radius 3 is 2.23 bits per heavy atom. The van der Waals surface area contributed by atoms with Crippen molar-refractivity contribution in [3.05, 3.63) is 59.9 Å². The molecular formula is C19H17FN2O4. The third kappa shape index (κ3) is 5.31. The molecule has 2 aromatic carbocycles. The van der Waals surface area contributed by atoms with Crippen LogP contribution < -0.4 is 10.1 Å². The number of esters is 1. The second-order valence-electron chi connectivity index (χ2n) is 5.47. The summed E-state index contributed by atoms with van der Waals surface area (Å²) in [7, 11) is 0. The summed E-state index contributed by atoms with van der Waals surface area (Å²) in [5, 5.41) is 11.3. The monoisotopic (exact) mass is 356 g/mol. The van der Waals surface area contributed by atoms with E-state index in [1.165, 1.54) is 38.1 Å². The molecule has 0 heterocycles. The molecule has 7 heteroatoms. The van der Waals surface area contributed by atoms with Gasteiger partial charge in [-0.1, -0.05) is 0 Å². The Hall–Kier alpha value is -3.40. The van der Waals surface area contributed by atoms with Crippen molar-refractivity contribution < 1.29 is 23.5 Å². The molecule has 0 fully saturated rings. The molecule has 0 saturated heterocycles. The zero-order chi connectivity index (χ0) is 19.1. The smallest absolute Gasteiger partial charge is 0.347 e. The van der Waals surface area contributed by atoms with Crippen LogP contribution in [0.4, 0.5) is 10.1 Å². The molecule has 2 rings (SSSR count). The van der Waals surface area contributed by atoms with Crippen LogP contribution in [0.3, 0.4) is 0 Å². The maximum Gasteiger partial charge on any atom is 0.347 e. The summed E-state index contributed by atoms with van der Waals surface area (Å²) in [5.74, 6) is -1.28. The number of benzene rings is 2. The van der Waals surface area contributed by atoms with E-state index in [1.54, 1.807) is 24.3 Å². The van der Waals surface area contributed by atoms with Gasteiger partial charge < -0.3 is 14.8 Å². The van der Waals surface area contributed by atoms with Crippen LogP contribution >= 0.6 is 0 Å². The molecule has 0 aliphatic rings. The normalized spacial score (nSPS) is 12.4. The highest BCUT2D eigenvalue weighted by Crippen LogP contribution is 2.15. The molecule has 0 spiro atoms. The Morgan fingerprint density at radius 1 is 1.04 bits per heavy atom. The van der Waals surface area contributed by atoms with Gasteiger partial charge in [-0.3, -0.25) is 4.79 Å². The van der Waals surface area contributed by atoms with Crippen molar-refractivity contribution in [2.45, 2.75) is 26.1 Å². The third-order valence-electron chi connectivity index (χ3n) is 3.40. The highest BCUT2D eigenvalue weighted by Gasteiger charge is 2.23. The third-order valence-corrected chi connectivity index (χ3v) is 3.40. The molecule has 0 saturated carbocycles. The minimum atomic E-state index is -1.06. The standard InChI is InChI=1S/C19H17FN2O4/c1-12(18(23)22-16-7-5-15(20)6-8-16)26-19(24)13(2)25-17-9-3-14(11-21)4-10-17/h3-10,12-13H,1-2H3,(H,22,23)/t12-,13+/m1/s1. The molecule has 0 aliphatic carbocycles. The average molecular weight is 356 g/mol. The number of carbonyl (C=O) groups is 2. The quantitative estimate of drug-likeness (QED) is 0.804. The Morgan fingerprint density at radius 2 is 1.65 bits per heavy atom. The van der Waals surface area contributed by atoms with Gasteiger partial charge in [0, 0.05) is 5.69 Å². The Balaban J connectivity index is 1.87. The van der Waals surface area contributed by atoms with Crippen LogP contribution in [0, 0.1) is 17.1 Å². The first kappa shape index (κ1) is 18.9. The first-order chi connectivity index (χ1) is 12.4. The number of rotatable bonds is 6. The van der Waals surface area contributed by atoms with Crippen molar-refractivity contribution in [2.75, 3.05) is 5.32 Å². The second-order valence-corrected chi connectivity index (χ2v) is 5.47. The number of carbonyl (C=O) groups excluding carboxylic acids is 2. The van der Waals surface area contributed by atoms with Crippen molar-refractivity contribution in [2.24, 2.45) is 0 Å². The van der Waals surface area contributed by atoms with Crippen molar-refractivity contribution >= 4 is 17.6 Å². The summed E-state index contributed by atoms with van der Waals surface area (Å²) in [6.07, 6.45) is -2.00. The van der Waals surface area contributed by atoms with Gasteiger partial charge in [-0.05, 0) is 62.4 Å². The van der Waals surface area contributed by atoms with Gasteiger partial charge in [-0.15, -0.1) is 0 Å². The SMILES string of the molecule is C[C@H](Oc1ccc(C#N)cc1)C(=O)O[C@H](C)C(=O)Nc1ccc(F)cc1. The van der Waals surface area contributed by atoms with E-state index < -0.39 is 29.9 Å². The molecule has 0 bridgehead atoms. The Kier molecular flexibility index (Phi) is 6.28. The fourth-order valence-electron chi connectivity index (χ4n) is 1.96. The Bertz CT molecular complexity index is 813. The van der Waals surface area contributed by atoms with Crippen molar-refractivity contribution in [1.82, 2.24) is 0 Å². The summed E-state index contributed by atoms with van der Waals surface area (Å²) >= 11 is 0. The van der Waals surface area contributed by atoms with Gasteiger partial charge in [0.1, 0.15) is 11.6 Å². The molecule has 2 aromatic rings. The number of halogens is 1. The summed E-state index contributed by atoms with van der Waals surface area (Å²) in [6.45, 7) is 2.91. The predicted molar refractivity (Wildman–Crippen MR) is 91.8 cm³/mol. The van der Waals surface area contributed by atoms with E-state index >= 15 is 0 Å². The zero-order valence-electron chi connectivity index (χ0n) is 14.2. The van der Waals surface area contributed by atoms with E-state index in [0.29, 0.717) is 17.0 Å². The lowest BCUT2D eigenvalue weighted by Crippen LogP contribution is -2.35. The number of hydrogen-bond donors (Lipinski definition) is 1. The number of hydrogen-bond acceptors (Lipinski definition) is 5. The van der Waals surface area contributed by atoms with E-state index in [0.717, 1.165) is 0 Å². The largest absolute Gasteiger partial charge is 0.479 e. The van der Waals surface area contributed by atoms with Gasteiger partial charge in [0.25, 0.3) is 5.91 Å². The van der Waals surface area contributed by atoms with Crippen LogP contribution in [0.25, 0.3) is 0 Å². The molecule has 1 amide bonds. The van der Waals surface area contributed by atoms with Gasteiger partial charge in [-0.25, -0.2) is 9.18 Å². The minimum absolute atomic E-state index is 0.390. The van der Waals surface area contributed by atoms with Crippen LogP contribution in [-0.4, -0.2) is 24.1 Å². The lowest BCUT2D eigenvalue weighted by atomic mass is 10.2. The van der Waals surface area contributed by atoms with Gasteiger partial charge in [0.15, 0.2) is 12.2 Å². The topological polar surface area (TPSA) is 88.4 Å². The first-order valence-electron chi connectivity index (χ1n) is 7.83. The molecule has 6 nitrogen and oxygen atoms in total. The van der Waals surface area contributed by atoms with Crippen LogP contribution in [0.15, 0.2) is 48.5 Å². The first-order valence-corrected chi connectivity index (χ1v) is 7.83. The highest BCUT2D eigenvalue weighted by atomic mass is 19.1. The predicted octanol–water partition coefficient (Wildman–Crippen LogP) is 3.04. The lowest BCUT2D eigenvalue weighted by molar-refractivity contribution is -0.159. The number of ether oxygens (including phenoxy) is 2. The average Bonchev–Trinajstić information content (AvgIpc) is 2.64. The highest BCUT2D eigenvalue weighted by molar-refractivity contribution is 5.95. The molecule has 2 atom stereocenters. The zero-order valence-corrected chi connectivity index (χ0v) is 14.2. The molecule has 0 radical (unpaired) electrons. The maximum atomic E-state index is 12.9. The summed E-state index contributed by atoms with van der Waals surface area (Å²) < 4.78 is 23.4. The van der Waals surface area contributed by atoms with Crippen LogP contribution in [0.5, 0.6) is 5.75 Å². The van der Waals surface area contributed by atoms with Crippen LogP contribution in [0.1, 0.15) is 19.4 Å². The van der Waals surface area contributed by atoms with Crippen molar-refractivity contribution in [3.63, 3.8) is 0 Å². The van der Waals surface area contributed by atoms with E-state index in [-0.39, 0.29) is 0 Å². The van der Waals surface area contributed by atoms with Gasteiger partial charge >= 0.3 is 5.97 Å². The molecule has 0 aromatic heterocycles. The molecular weight excluding hydrogens is 339 g/mol. The van der Waals surface area contributed by atoms with Gasteiger partial charge in [0.05, 0.1) is 11.6 Å². The van der Waals surface area contributed by atoms with E-state index in [1.807, 2.05) is 6.07 Å². The Labute approximate surface area is 150 Å². The number of amides is 1. The van der Waals surface area contributed by atoms with Crippen molar-refractivity contribution in [3.8, 4) is 11.8 Å². The van der Waals surface area contributed by atoms with Gasteiger partial charge in [0.2, 0.25) is 0 Å². The fraction of sp³-hybridized carbons (Fsp3) is 0.211. The second kappa shape index (κ2) is 8.62. The molecule has 134 valence electrons. The summed E-state index contributed by atoms with van der Waals surface area (Å²) in [4.78, 5) is 24.1. The van der Waals surface area contributed by atoms with Crippen LogP contribution in [0.2, 0.25) is 0 Å². The number of nitrogens with zero attached hydrogens (tertiary/aromatic N) is 1. The van der Waals surface area contributed by atoms with E-state index in [9.17, 15) is 14.0 Å². The lowest BCUT2D eigenvalue weighted by Gasteiger charge is -2.17. The molecule has 0 aliphatic heterocycles. The van der Waals surface area contributed by atoms with E-state index in [2.05, 4.69) is 5.32 Å². The molecule has 26 heavy (non-hydrogen) atoms. The van der Waals surface area contributed by atoms with Crippen LogP contribution in [-0.2, 0) is 14.3 Å². The number of nitrogens with one attached hydrogen (secondary N) is 1. The summed E-state index contributed by atoms with van der Waals surface area (Å²) in [5.41, 5.74) is 0.861. The molecule has 1 N–H and O–H groups in total. The van der Waals surface area contributed by atoms with Crippen molar-refractivity contribution in [1.29, 1.82) is 5.26 Å². The fourth-order valence-corrected chi connectivity index (χ4v) is 1.96. The maximum absolute atomic E-state index is 12.9. The van der Waals surface area contributed by atoms with Gasteiger partial charge in [-0.2, -0.15) is 5.26 Å². The summed E-state index contributed by atoms with van der Waals surface area (Å²) in [6, 6.07) is 13.4. The molecule has 0 unspecified atom stereocenters. The number of anilines is 1.